The van der Waals surface area contributed by atoms with Crippen LogP contribution in [-0.2, 0) is 19.1 Å². The lowest BCUT2D eigenvalue weighted by molar-refractivity contribution is -0.142. The Morgan fingerprint density at radius 3 is 2.86 bits per heavy atom. The molecule has 9 atom stereocenters. The van der Waals surface area contributed by atoms with Gasteiger partial charge in [0.05, 0.1) is 18.0 Å². The first-order chi connectivity index (χ1) is 20.6. The summed E-state index contributed by atoms with van der Waals surface area (Å²) < 4.78 is 5.52. The highest BCUT2D eigenvalue weighted by atomic mass is 32.2. The summed E-state index contributed by atoms with van der Waals surface area (Å²) in [5, 5.41) is 6.40. The Hall–Kier alpha value is -2.61. The van der Waals surface area contributed by atoms with E-state index in [0.717, 1.165) is 68.1 Å². The number of aldehydes is 1. The Morgan fingerprint density at radius 2 is 2.07 bits per heavy atom. The number of esters is 1. The number of amides is 2. The molecule has 5 aliphatic rings. The van der Waals surface area contributed by atoms with Crippen molar-refractivity contribution >= 4 is 35.8 Å². The number of carbonyl (C=O) groups excluding carboxylic acids is 4. The standard InChI is InChI=1S/C35H48N2O5S/c1-21(19-42-31(40)11-6-5-10-30-33-28(20-43-30)36-34(41)37-33)8-7-9-22(2)25-14-15-35(4)17-26-23(3)16-29(39)32(26)24(18-38)12-13-27(25)35/h7-9,12,16,18,22,25-28,30,32-33H,5-6,10-11,13-15,17,19-20H2,1-4H3,(H2,36,37,41)/b9-7-,21-8-,24-12-/t22-,25+,26+,27-,28+,30+,32-,33+,35+/m0/s1. The van der Waals surface area contributed by atoms with E-state index in [0.29, 0.717) is 41.6 Å². The minimum Gasteiger partial charge on any atom is -0.461 e. The number of carbonyl (C=O) groups is 4. The Kier molecular flexibility index (Phi) is 10.0. The fourth-order valence-corrected chi connectivity index (χ4v) is 9.97. The van der Waals surface area contributed by atoms with E-state index in [-0.39, 0.29) is 47.1 Å². The first kappa shape index (κ1) is 31.8. The molecule has 3 fully saturated rings. The van der Waals surface area contributed by atoms with Crippen molar-refractivity contribution < 1.29 is 23.9 Å². The smallest absolute Gasteiger partial charge is 0.315 e. The van der Waals surface area contributed by atoms with Gasteiger partial charge >= 0.3 is 12.0 Å². The summed E-state index contributed by atoms with van der Waals surface area (Å²) in [5.74, 6) is 2.12. The van der Waals surface area contributed by atoms with Crippen LogP contribution in [0.1, 0.15) is 79.1 Å². The number of hydrogen-bond donors (Lipinski definition) is 2. The van der Waals surface area contributed by atoms with E-state index in [2.05, 4.69) is 49.6 Å². The van der Waals surface area contributed by atoms with Gasteiger partial charge in [-0.3, -0.25) is 14.4 Å². The molecule has 234 valence electrons. The molecule has 2 heterocycles. The van der Waals surface area contributed by atoms with Crippen molar-refractivity contribution in [2.75, 3.05) is 12.4 Å². The monoisotopic (exact) mass is 608 g/mol. The van der Waals surface area contributed by atoms with Crippen LogP contribution < -0.4 is 10.6 Å². The van der Waals surface area contributed by atoms with Gasteiger partial charge in [-0.25, -0.2) is 4.79 Å². The van der Waals surface area contributed by atoms with Gasteiger partial charge in [0.1, 0.15) is 12.9 Å². The van der Waals surface area contributed by atoms with Crippen LogP contribution in [-0.4, -0.2) is 53.8 Å². The van der Waals surface area contributed by atoms with Crippen molar-refractivity contribution in [2.45, 2.75) is 96.4 Å². The molecule has 2 amide bonds. The Labute approximate surface area is 260 Å². The predicted molar refractivity (Wildman–Crippen MR) is 170 cm³/mol. The molecule has 2 saturated heterocycles. The second-order valence-electron chi connectivity index (χ2n) is 13.9. The third-order valence-corrected chi connectivity index (χ3v) is 12.4. The second kappa shape index (κ2) is 13.6. The molecule has 3 aliphatic carbocycles. The van der Waals surface area contributed by atoms with Crippen molar-refractivity contribution in [3.8, 4) is 0 Å². The maximum Gasteiger partial charge on any atom is 0.315 e. The lowest BCUT2D eigenvalue weighted by Crippen LogP contribution is -2.36. The van der Waals surface area contributed by atoms with Gasteiger partial charge in [0.2, 0.25) is 0 Å². The number of thioether (sulfide) groups is 1. The molecule has 0 spiro atoms. The molecule has 0 aromatic carbocycles. The van der Waals surface area contributed by atoms with Crippen molar-refractivity contribution in [2.24, 2.45) is 35.0 Å². The summed E-state index contributed by atoms with van der Waals surface area (Å²) >= 11 is 1.90. The number of ketones is 1. The number of unbranched alkanes of at least 4 members (excludes halogenated alkanes) is 1. The summed E-state index contributed by atoms with van der Waals surface area (Å²) in [5.41, 5.74) is 2.97. The van der Waals surface area contributed by atoms with Crippen LogP contribution in [0.3, 0.4) is 0 Å². The number of urea groups is 1. The van der Waals surface area contributed by atoms with Gasteiger partial charge in [-0.05, 0) is 98.7 Å². The summed E-state index contributed by atoms with van der Waals surface area (Å²) in [6.45, 7) is 9.02. The molecule has 0 unspecified atom stereocenters. The van der Waals surface area contributed by atoms with Crippen molar-refractivity contribution in [3.63, 3.8) is 0 Å². The van der Waals surface area contributed by atoms with Crippen LogP contribution in [0.5, 0.6) is 0 Å². The molecule has 2 aliphatic heterocycles. The molecular weight excluding hydrogens is 560 g/mol. The third kappa shape index (κ3) is 7.05. The summed E-state index contributed by atoms with van der Waals surface area (Å²) in [4.78, 5) is 48.5. The minimum atomic E-state index is -0.284. The first-order valence-electron chi connectivity index (χ1n) is 16.1. The van der Waals surface area contributed by atoms with Crippen LogP contribution in [0.25, 0.3) is 0 Å². The molecule has 7 nitrogen and oxygen atoms in total. The molecule has 43 heavy (non-hydrogen) atoms. The van der Waals surface area contributed by atoms with E-state index in [1.54, 1.807) is 6.08 Å². The number of allylic oxidation sites excluding steroid dienone is 7. The third-order valence-electron chi connectivity index (χ3n) is 10.9. The van der Waals surface area contributed by atoms with Gasteiger partial charge < -0.3 is 15.4 Å². The SMILES string of the molecule is CC1=CC(=O)[C@H]2/C(C=O)=C\C[C@H]3[C@@H]([C@@H](C)/C=C\C=C(\C)COC(=O)CCCC[C@H]4SC[C@H]5NC(=O)N[C@H]54)CC[C@]3(C)C[C@H]12. The molecule has 0 radical (unpaired) electrons. The highest BCUT2D eigenvalue weighted by molar-refractivity contribution is 8.00. The summed E-state index contributed by atoms with van der Waals surface area (Å²) in [7, 11) is 0. The highest BCUT2D eigenvalue weighted by Gasteiger charge is 2.50. The molecule has 5 rings (SSSR count). The zero-order valence-corrected chi connectivity index (χ0v) is 26.9. The van der Waals surface area contributed by atoms with Gasteiger partial charge in [0.15, 0.2) is 5.78 Å². The minimum absolute atomic E-state index is 0.0610. The van der Waals surface area contributed by atoms with Crippen LogP contribution in [0.15, 0.2) is 47.1 Å². The Morgan fingerprint density at radius 1 is 1.26 bits per heavy atom. The average Bonchev–Trinajstić information content (AvgIpc) is 3.67. The Bertz CT molecular complexity index is 1240. The van der Waals surface area contributed by atoms with Gasteiger partial charge in [0.25, 0.3) is 0 Å². The number of fused-ring (bicyclic) bond motifs is 3. The quantitative estimate of drug-likeness (QED) is 0.0966. The first-order valence-corrected chi connectivity index (χ1v) is 17.2. The van der Waals surface area contributed by atoms with E-state index in [9.17, 15) is 19.2 Å². The average molecular weight is 609 g/mol. The van der Waals surface area contributed by atoms with Gasteiger partial charge in [-0.15, -0.1) is 0 Å². The van der Waals surface area contributed by atoms with E-state index >= 15 is 0 Å². The van der Waals surface area contributed by atoms with Crippen molar-refractivity contribution in [3.05, 3.63) is 47.1 Å². The molecular formula is C35H48N2O5S. The maximum absolute atomic E-state index is 12.7. The molecule has 0 aromatic rings. The van der Waals surface area contributed by atoms with E-state index in [1.165, 1.54) is 0 Å². The highest BCUT2D eigenvalue weighted by Crippen LogP contribution is 2.58. The lowest BCUT2D eigenvalue weighted by Gasteiger charge is -2.40. The zero-order chi connectivity index (χ0) is 30.7. The molecule has 0 aromatic heterocycles. The van der Waals surface area contributed by atoms with Crippen molar-refractivity contribution in [1.82, 2.24) is 10.6 Å². The van der Waals surface area contributed by atoms with E-state index in [4.69, 9.17) is 4.74 Å². The number of nitrogens with one attached hydrogen (secondary N) is 2. The number of hydrogen-bond acceptors (Lipinski definition) is 6. The second-order valence-corrected chi connectivity index (χ2v) is 15.2. The van der Waals surface area contributed by atoms with Crippen LogP contribution in [0.2, 0.25) is 0 Å². The summed E-state index contributed by atoms with van der Waals surface area (Å²) in [6.07, 6.45) is 18.4. The van der Waals surface area contributed by atoms with Gasteiger partial charge in [-0.1, -0.05) is 50.1 Å². The normalized spacial score (nSPS) is 37.3. The van der Waals surface area contributed by atoms with E-state index in [1.807, 2.05) is 24.8 Å². The predicted octanol–water partition coefficient (Wildman–Crippen LogP) is 6.11. The number of ether oxygens (including phenoxy) is 1. The largest absolute Gasteiger partial charge is 0.461 e. The fraction of sp³-hybridized carbons (Fsp3) is 0.657. The molecule has 0 bridgehead atoms. The molecule has 1 saturated carbocycles. The van der Waals surface area contributed by atoms with Crippen LogP contribution >= 0.6 is 11.8 Å². The zero-order valence-electron chi connectivity index (χ0n) is 26.1. The lowest BCUT2D eigenvalue weighted by atomic mass is 9.63. The number of rotatable bonds is 11. The fourth-order valence-electron chi connectivity index (χ4n) is 8.42. The van der Waals surface area contributed by atoms with E-state index < -0.39 is 0 Å². The van der Waals surface area contributed by atoms with Gasteiger partial charge in [-0.2, -0.15) is 11.8 Å². The topological polar surface area (TPSA) is 102 Å². The maximum atomic E-state index is 12.7. The molecule has 8 heteroatoms. The summed E-state index contributed by atoms with van der Waals surface area (Å²) in [6, 6.07) is 0.389. The molecule has 2 N–H and O–H groups in total. The van der Waals surface area contributed by atoms with Crippen LogP contribution in [0.4, 0.5) is 4.79 Å². The van der Waals surface area contributed by atoms with Crippen LogP contribution in [0, 0.1) is 35.0 Å². The van der Waals surface area contributed by atoms with Gasteiger partial charge in [0, 0.05) is 17.4 Å². The van der Waals surface area contributed by atoms with Crippen molar-refractivity contribution in [1.29, 1.82) is 0 Å². The Balaban J connectivity index is 1.06.